The first-order chi connectivity index (χ1) is 24.8. The number of hydrogen-bond donors (Lipinski definition) is 2. The van der Waals surface area contributed by atoms with Crippen molar-refractivity contribution in [2.75, 3.05) is 10.6 Å². The Morgan fingerprint density at radius 1 is 0.764 bits per heavy atom. The number of anilines is 4. The van der Waals surface area contributed by atoms with Gasteiger partial charge >= 0.3 is 56.6 Å². The van der Waals surface area contributed by atoms with E-state index in [0.717, 1.165) is 35.6 Å². The zero-order valence-corrected chi connectivity index (χ0v) is 32.2. The van der Waals surface area contributed by atoms with Crippen LogP contribution >= 0.6 is 23.4 Å². The minimum atomic E-state index is -4.73. The molecule has 0 aliphatic rings. The molecule has 55 heavy (non-hydrogen) atoms. The minimum absolute atomic E-state index is 0. The third kappa shape index (κ3) is 12.6. The van der Waals surface area contributed by atoms with Crippen LogP contribution in [0.25, 0.3) is 0 Å². The summed E-state index contributed by atoms with van der Waals surface area (Å²) in [5.41, 5.74) is 1.41. The number of benzene rings is 3. The summed E-state index contributed by atoms with van der Waals surface area (Å²) < 4.78 is 72.7. The molecule has 264 valence electrons. The van der Waals surface area contributed by atoms with Gasteiger partial charge in [-0.15, -0.1) is 20.5 Å². The van der Waals surface area contributed by atoms with Gasteiger partial charge in [0, 0.05) is 21.8 Å². The van der Waals surface area contributed by atoms with Crippen molar-refractivity contribution in [3.63, 3.8) is 0 Å². The molecule has 0 aliphatic carbocycles. The molecule has 0 amide bonds. The van der Waals surface area contributed by atoms with Gasteiger partial charge in [0.1, 0.15) is 43.1 Å². The number of pyridine rings is 1. The van der Waals surface area contributed by atoms with Crippen LogP contribution in [0.5, 0.6) is 0 Å². The maximum atomic E-state index is 11.4. The van der Waals surface area contributed by atoms with Crippen molar-refractivity contribution in [1.29, 1.82) is 10.5 Å². The van der Waals surface area contributed by atoms with Gasteiger partial charge < -0.3 is 25.0 Å². The van der Waals surface area contributed by atoms with Gasteiger partial charge in [0.2, 0.25) is 0 Å². The summed E-state index contributed by atoms with van der Waals surface area (Å²) in [5, 5.41) is 56.3. The molecule has 5 aromatic rings. The number of rotatable bonds is 13. The molecule has 0 saturated carbocycles. The van der Waals surface area contributed by atoms with E-state index in [1.807, 2.05) is 12.1 Å². The molecule has 25 heteroatoms. The summed E-state index contributed by atoms with van der Waals surface area (Å²) in [6.45, 7) is 1.55. The Bertz CT molecular complexity index is 2490. The van der Waals surface area contributed by atoms with Crippen molar-refractivity contribution in [2.45, 2.75) is 21.6 Å². The first kappa shape index (κ1) is 47.3. The fraction of sp³-hybridized carbons (Fsp3) is 0.0333. The standard InChI is InChI=1S/C30H21N9O9S4.3Li/c1-17-25(16-32)28(33-19-4-10-23(11-5-19)51(41,42)43)35-29(34-20-6-12-24(13-7-20)52(44,45)46)27(17)38-39-30-18(15-31)14-26(49-30)37-36-21-2-8-22(9-3-21)50-48-47-40;;;/h2-14,40H,1H3,(H2,33,34,35)(H,41,42,43)(H,44,45,46);;;/q;3*+1/p-3. The summed E-state index contributed by atoms with van der Waals surface area (Å²) >= 11 is 1.69. The van der Waals surface area contributed by atoms with E-state index in [2.05, 4.69) is 45.4 Å². The van der Waals surface area contributed by atoms with E-state index in [-0.39, 0.29) is 107 Å². The van der Waals surface area contributed by atoms with Gasteiger partial charge in [-0.2, -0.15) is 14.9 Å². The molecule has 2 aromatic heterocycles. The van der Waals surface area contributed by atoms with E-state index in [4.69, 9.17) is 0 Å². The van der Waals surface area contributed by atoms with Crippen LogP contribution in [0.4, 0.5) is 44.4 Å². The predicted molar refractivity (Wildman–Crippen MR) is 181 cm³/mol. The fourth-order valence-corrected chi connectivity index (χ4v) is 6.26. The molecule has 0 bridgehead atoms. The molecule has 0 spiro atoms. The van der Waals surface area contributed by atoms with Crippen molar-refractivity contribution in [2.24, 2.45) is 20.5 Å². The second-order valence-corrected chi connectivity index (χ2v) is 14.5. The van der Waals surface area contributed by atoms with Gasteiger partial charge in [-0.05, 0) is 85.8 Å². The maximum Gasteiger partial charge on any atom is 1.00 e. The second-order valence-electron chi connectivity index (χ2n) is 10.0. The molecule has 2 N–H and O–H groups in total. The Labute approximate surface area is 358 Å². The predicted octanol–water partition coefficient (Wildman–Crippen LogP) is -2.44. The van der Waals surface area contributed by atoms with Crippen LogP contribution in [-0.2, 0) is 29.6 Å². The van der Waals surface area contributed by atoms with E-state index >= 15 is 0 Å². The van der Waals surface area contributed by atoms with E-state index in [1.54, 1.807) is 31.2 Å². The van der Waals surface area contributed by atoms with E-state index in [0.29, 0.717) is 27.6 Å². The molecule has 0 unspecified atom stereocenters. The Balaban J connectivity index is 0.00000348. The van der Waals surface area contributed by atoms with Crippen LogP contribution in [0.2, 0.25) is 0 Å². The number of thiophene rings is 1. The van der Waals surface area contributed by atoms with E-state index < -0.39 is 30.0 Å². The quantitative estimate of drug-likeness (QED) is 0.0313. The van der Waals surface area contributed by atoms with Crippen LogP contribution in [0, 0.1) is 29.6 Å². The Hall–Kier alpha value is -3.87. The zero-order chi connectivity index (χ0) is 37.5. The van der Waals surface area contributed by atoms with Crippen molar-refractivity contribution < 1.29 is 97.2 Å². The molecule has 0 aliphatic heterocycles. The first-order valence-corrected chi connectivity index (χ1v) is 18.4. The van der Waals surface area contributed by atoms with Crippen LogP contribution in [0.3, 0.4) is 0 Å². The molecule has 0 fully saturated rings. The maximum absolute atomic E-state index is 11.4. The van der Waals surface area contributed by atoms with Gasteiger partial charge in [0.15, 0.2) is 16.6 Å². The third-order valence-electron chi connectivity index (χ3n) is 6.66. The Morgan fingerprint density at radius 3 is 1.80 bits per heavy atom. The fourth-order valence-electron chi connectivity index (χ4n) is 4.21. The summed E-state index contributed by atoms with van der Waals surface area (Å²) in [6, 6.07) is 21.5. The number of aromatic nitrogens is 1. The van der Waals surface area contributed by atoms with Crippen molar-refractivity contribution in [3.8, 4) is 12.1 Å². The molecule has 2 heterocycles. The molecule has 5 rings (SSSR count). The number of azo groups is 2. The monoisotopic (exact) mass is 797 g/mol. The molecule has 18 nitrogen and oxygen atoms in total. The minimum Gasteiger partial charge on any atom is -0.744 e. The summed E-state index contributed by atoms with van der Waals surface area (Å²) in [4.78, 5) is 4.13. The molecule has 0 saturated heterocycles. The third-order valence-corrected chi connectivity index (χ3v) is 9.85. The van der Waals surface area contributed by atoms with Crippen LogP contribution < -0.4 is 72.5 Å². The van der Waals surface area contributed by atoms with Crippen LogP contribution in [-0.4, -0.2) is 30.9 Å². The molecule has 0 radical (unpaired) electrons. The Morgan fingerprint density at radius 2 is 1.31 bits per heavy atom. The topological polar surface area (TPSA) is 290 Å². The molecule has 3 aromatic carbocycles. The normalized spacial score (nSPS) is 11.2. The van der Waals surface area contributed by atoms with Crippen LogP contribution in [0.1, 0.15) is 16.7 Å². The zero-order valence-electron chi connectivity index (χ0n) is 28.9. The van der Waals surface area contributed by atoms with Gasteiger partial charge in [0.25, 0.3) is 0 Å². The average Bonchev–Trinajstić information content (AvgIpc) is 3.52. The van der Waals surface area contributed by atoms with Gasteiger partial charge in [-0.1, -0.05) is 11.3 Å². The second kappa shape index (κ2) is 20.9. The average molecular weight is 798 g/mol. The van der Waals surface area contributed by atoms with Gasteiger partial charge in [-0.3, -0.25) is 5.04 Å². The van der Waals surface area contributed by atoms with Gasteiger partial charge in [0.05, 0.1) is 38.6 Å². The Kier molecular flexibility index (Phi) is 18.0. The van der Waals surface area contributed by atoms with Crippen LogP contribution in [0.15, 0.2) is 114 Å². The van der Waals surface area contributed by atoms with E-state index in [1.165, 1.54) is 30.3 Å². The molecular weight excluding hydrogens is 779 g/mol. The van der Waals surface area contributed by atoms with Crippen molar-refractivity contribution >= 4 is 88.0 Å². The van der Waals surface area contributed by atoms with Gasteiger partial charge in [-0.25, -0.2) is 21.8 Å². The number of nitriles is 2. The van der Waals surface area contributed by atoms with E-state index in [9.17, 15) is 41.7 Å². The number of hydrogen-bond acceptors (Lipinski definition) is 20. The first-order valence-electron chi connectivity index (χ1n) is 14.0. The number of nitrogens with one attached hydrogen (secondary N) is 2. The summed E-state index contributed by atoms with van der Waals surface area (Å²) in [7, 11) is -9.43. The van der Waals surface area contributed by atoms with Crippen molar-refractivity contribution in [3.05, 3.63) is 95.6 Å². The largest absolute Gasteiger partial charge is 1.00 e. The summed E-state index contributed by atoms with van der Waals surface area (Å²) in [6.07, 6.45) is 0. The molecule has 0 atom stereocenters. The smallest absolute Gasteiger partial charge is 0.744 e. The SMILES string of the molecule is Cc1c(C#N)c(Nc2ccc(S(=O)(=O)[O-])cc2)nc(Nc2ccc(S(=O)(=O)[O-])cc2)c1N=Nc1sc(N=Nc2ccc(SOO[O-])cc2)cc1C#N.[Li+].[Li+].[Li+]. The van der Waals surface area contributed by atoms with Crippen molar-refractivity contribution in [1.82, 2.24) is 4.98 Å². The summed E-state index contributed by atoms with van der Waals surface area (Å²) in [5.74, 6) is -0.00426. The molecular formula is C30H18Li3N9O9S4. The number of nitrogens with zero attached hydrogens (tertiary/aromatic N) is 7.